The minimum absolute atomic E-state index is 0.0526. The smallest absolute Gasteiger partial charge is 0.332 e. The summed E-state index contributed by atoms with van der Waals surface area (Å²) in [6.07, 6.45) is 2.21. The van der Waals surface area contributed by atoms with Crippen molar-refractivity contribution >= 4 is 34.9 Å². The molecule has 0 aromatic heterocycles. The molecule has 0 unspecified atom stereocenters. The Morgan fingerprint density at radius 2 is 1.55 bits per heavy atom. The molecule has 0 amide bonds. The molecule has 0 radical (unpaired) electrons. The van der Waals surface area contributed by atoms with Gasteiger partial charge in [0.2, 0.25) is 0 Å². The molecule has 1 heterocycles. The predicted octanol–water partition coefficient (Wildman–Crippen LogP) is 4.93. The van der Waals surface area contributed by atoms with E-state index in [9.17, 15) is 10.1 Å². The summed E-state index contributed by atoms with van der Waals surface area (Å²) in [5.41, 5.74) is 3.09. The van der Waals surface area contributed by atoms with Crippen LogP contribution in [0, 0.1) is 11.5 Å². The van der Waals surface area contributed by atoms with E-state index in [-0.39, 0.29) is 6.54 Å². The molecular weight excluding hydrogens is 433 g/mol. The van der Waals surface area contributed by atoms with Crippen LogP contribution in [0.25, 0.3) is 11.1 Å². The number of benzene rings is 3. The number of alkyl halides is 1. The molecule has 5 rings (SSSR count). The Kier molecular flexibility index (Phi) is 4.40. The number of nitriles is 1. The van der Waals surface area contributed by atoms with E-state index in [0.29, 0.717) is 10.7 Å². The second kappa shape index (κ2) is 6.91. The standard InChI is InChI=1S/C24H17Cl2N3O2/c1-31-22(30)23(26)14-28(15-27)29(17-12-10-16(25)11-13-17)24(23)20-8-4-2-6-18(20)19-7-3-5-9-21(19)24/h2-13H,14H2,1H3/t23-/m1/s1. The average molecular weight is 450 g/mol. The summed E-state index contributed by atoms with van der Waals surface area (Å²) in [5.74, 6) is -0.600. The largest absolute Gasteiger partial charge is 0.468 e. The fraction of sp³-hybridized carbons (Fsp3) is 0.167. The van der Waals surface area contributed by atoms with E-state index < -0.39 is 16.4 Å². The molecule has 1 aliphatic heterocycles. The van der Waals surface area contributed by atoms with Crippen LogP contribution in [0.2, 0.25) is 5.02 Å². The van der Waals surface area contributed by atoms with Gasteiger partial charge in [0.05, 0.1) is 19.3 Å². The highest BCUT2D eigenvalue weighted by Crippen LogP contribution is 2.62. The van der Waals surface area contributed by atoms with E-state index in [1.54, 1.807) is 17.1 Å². The lowest BCUT2D eigenvalue weighted by molar-refractivity contribution is -0.144. The summed E-state index contributed by atoms with van der Waals surface area (Å²) in [6.45, 7) is -0.0526. The Morgan fingerprint density at radius 3 is 2.06 bits per heavy atom. The molecule has 0 saturated carbocycles. The number of hydrazine groups is 1. The quantitative estimate of drug-likeness (QED) is 0.315. The minimum atomic E-state index is -1.58. The van der Waals surface area contributed by atoms with E-state index in [4.69, 9.17) is 27.9 Å². The highest BCUT2D eigenvalue weighted by molar-refractivity contribution is 6.37. The number of nitrogens with zero attached hydrogens (tertiary/aromatic N) is 3. The van der Waals surface area contributed by atoms with Crippen molar-refractivity contribution in [1.29, 1.82) is 5.26 Å². The number of carbonyl (C=O) groups is 1. The first-order chi connectivity index (χ1) is 15.0. The third-order valence-corrected chi connectivity index (χ3v) is 6.92. The summed E-state index contributed by atoms with van der Waals surface area (Å²) in [7, 11) is 1.31. The number of hydrogen-bond donors (Lipinski definition) is 0. The van der Waals surface area contributed by atoms with Crippen LogP contribution in [0.3, 0.4) is 0 Å². The van der Waals surface area contributed by atoms with Gasteiger partial charge in [-0.15, -0.1) is 11.6 Å². The molecule has 1 spiro atoms. The minimum Gasteiger partial charge on any atom is -0.468 e. The third-order valence-electron chi connectivity index (χ3n) is 6.12. The number of carbonyl (C=O) groups excluding carboxylic acids is 1. The van der Waals surface area contributed by atoms with Crippen molar-refractivity contribution in [2.45, 2.75) is 10.4 Å². The van der Waals surface area contributed by atoms with Crippen LogP contribution >= 0.6 is 23.2 Å². The molecule has 0 bridgehead atoms. The van der Waals surface area contributed by atoms with Gasteiger partial charge in [0, 0.05) is 5.02 Å². The van der Waals surface area contributed by atoms with Gasteiger partial charge in [-0.25, -0.2) is 9.80 Å². The molecule has 3 aromatic rings. The van der Waals surface area contributed by atoms with Crippen molar-refractivity contribution < 1.29 is 9.53 Å². The van der Waals surface area contributed by atoms with Crippen molar-refractivity contribution in [2.75, 3.05) is 18.7 Å². The Bertz CT molecular complexity index is 1190. The maximum Gasteiger partial charge on any atom is 0.332 e. The summed E-state index contributed by atoms with van der Waals surface area (Å²) in [6, 6.07) is 22.8. The van der Waals surface area contributed by atoms with E-state index in [2.05, 4.69) is 6.19 Å². The molecule has 0 N–H and O–H groups in total. The van der Waals surface area contributed by atoms with E-state index in [1.165, 1.54) is 12.1 Å². The zero-order valence-corrected chi connectivity index (χ0v) is 18.1. The van der Waals surface area contributed by atoms with Gasteiger partial charge in [0.1, 0.15) is 5.54 Å². The van der Waals surface area contributed by atoms with Gasteiger partial charge >= 0.3 is 5.97 Å². The topological polar surface area (TPSA) is 56.6 Å². The van der Waals surface area contributed by atoms with Gasteiger partial charge in [-0.05, 0) is 46.5 Å². The van der Waals surface area contributed by atoms with Crippen LogP contribution in [0.4, 0.5) is 5.69 Å². The van der Waals surface area contributed by atoms with Gasteiger partial charge in [0.15, 0.2) is 11.1 Å². The van der Waals surface area contributed by atoms with Crippen LogP contribution in [-0.2, 0) is 15.1 Å². The molecule has 1 atom stereocenters. The number of halogens is 2. The number of anilines is 1. The zero-order valence-electron chi connectivity index (χ0n) is 16.5. The molecule has 2 aliphatic rings. The van der Waals surface area contributed by atoms with Crippen molar-refractivity contribution in [1.82, 2.24) is 5.01 Å². The first-order valence-corrected chi connectivity index (χ1v) is 10.4. The lowest BCUT2D eigenvalue weighted by Gasteiger charge is -2.44. The lowest BCUT2D eigenvalue weighted by Crippen LogP contribution is -2.58. The second-order valence-electron chi connectivity index (χ2n) is 7.54. The van der Waals surface area contributed by atoms with Gasteiger partial charge in [-0.1, -0.05) is 60.1 Å². The van der Waals surface area contributed by atoms with Crippen molar-refractivity contribution in [3.8, 4) is 17.3 Å². The predicted molar refractivity (Wildman–Crippen MR) is 120 cm³/mol. The fourth-order valence-electron chi connectivity index (χ4n) is 4.98. The van der Waals surface area contributed by atoms with Gasteiger partial charge in [-0.3, -0.25) is 5.01 Å². The first kappa shape index (κ1) is 19.7. The highest BCUT2D eigenvalue weighted by Gasteiger charge is 2.71. The monoisotopic (exact) mass is 449 g/mol. The van der Waals surface area contributed by atoms with E-state index >= 15 is 0 Å². The van der Waals surface area contributed by atoms with Gasteiger partial charge in [0.25, 0.3) is 0 Å². The van der Waals surface area contributed by atoms with Crippen LogP contribution < -0.4 is 5.01 Å². The van der Waals surface area contributed by atoms with Crippen LogP contribution in [0.15, 0.2) is 72.8 Å². The Morgan fingerprint density at radius 1 is 1.00 bits per heavy atom. The maximum absolute atomic E-state index is 13.3. The zero-order chi connectivity index (χ0) is 21.8. The number of rotatable bonds is 2. The number of hydrogen-bond acceptors (Lipinski definition) is 5. The van der Waals surface area contributed by atoms with E-state index in [0.717, 1.165) is 22.3 Å². The number of methoxy groups -OCH3 is 1. The summed E-state index contributed by atoms with van der Waals surface area (Å²) >= 11 is 13.4. The molecule has 1 fully saturated rings. The second-order valence-corrected chi connectivity index (χ2v) is 8.62. The van der Waals surface area contributed by atoms with Crippen LogP contribution in [0.1, 0.15) is 11.1 Å². The molecule has 7 heteroatoms. The number of esters is 1. The fourth-order valence-corrected chi connectivity index (χ4v) is 5.58. The highest BCUT2D eigenvalue weighted by atomic mass is 35.5. The summed E-state index contributed by atoms with van der Waals surface area (Å²) < 4.78 is 5.20. The third kappa shape index (κ3) is 2.40. The van der Waals surface area contributed by atoms with Gasteiger partial charge in [-0.2, -0.15) is 5.26 Å². The van der Waals surface area contributed by atoms with Crippen molar-refractivity contribution in [3.05, 3.63) is 88.9 Å². The average Bonchev–Trinajstić information content (AvgIpc) is 3.26. The Labute approximate surface area is 189 Å². The Balaban J connectivity index is 1.93. The Hall–Kier alpha value is -3.20. The number of ether oxygens (including phenoxy) is 1. The van der Waals surface area contributed by atoms with Gasteiger partial charge < -0.3 is 4.74 Å². The normalized spacial score (nSPS) is 20.3. The molecule has 31 heavy (non-hydrogen) atoms. The number of fused-ring (bicyclic) bond motifs is 5. The SMILES string of the molecule is COC(=O)[C@]1(Cl)CN(C#N)N(c2ccc(Cl)cc2)C12c1ccccc1-c1ccccc12. The molecular formula is C24H17Cl2N3O2. The molecule has 154 valence electrons. The van der Waals surface area contributed by atoms with Crippen molar-refractivity contribution in [2.24, 2.45) is 0 Å². The van der Waals surface area contributed by atoms with Crippen LogP contribution in [0.5, 0.6) is 0 Å². The van der Waals surface area contributed by atoms with Crippen LogP contribution in [-0.4, -0.2) is 29.5 Å². The maximum atomic E-state index is 13.3. The summed E-state index contributed by atoms with van der Waals surface area (Å²) in [4.78, 5) is 11.7. The summed E-state index contributed by atoms with van der Waals surface area (Å²) in [5, 5.41) is 13.9. The van der Waals surface area contributed by atoms with Crippen molar-refractivity contribution in [3.63, 3.8) is 0 Å². The molecule has 3 aromatic carbocycles. The van der Waals surface area contributed by atoms with E-state index in [1.807, 2.05) is 60.7 Å². The first-order valence-electron chi connectivity index (χ1n) is 9.68. The molecule has 1 saturated heterocycles. The molecule has 1 aliphatic carbocycles. The lowest BCUT2D eigenvalue weighted by atomic mass is 9.75. The molecule has 5 nitrogen and oxygen atoms in total.